The van der Waals surface area contributed by atoms with Crippen molar-refractivity contribution in [1.29, 1.82) is 0 Å². The topological polar surface area (TPSA) is 88.2 Å². The predicted octanol–water partition coefficient (Wildman–Crippen LogP) is 2.37. The lowest BCUT2D eigenvalue weighted by Crippen LogP contribution is -2.24. The summed E-state index contributed by atoms with van der Waals surface area (Å²) in [5.74, 6) is 0.625. The fraction of sp³-hybridized carbons (Fsp3) is 0.250. The molecule has 0 saturated carbocycles. The average molecular weight is 247 g/mol. The molecule has 0 unspecified atom stereocenters. The number of hydrogen-bond acceptors (Lipinski definition) is 4. The third-order valence-corrected chi connectivity index (χ3v) is 2.60. The van der Waals surface area contributed by atoms with Crippen LogP contribution in [0.15, 0.2) is 29.1 Å². The second-order valence-electron chi connectivity index (χ2n) is 3.91. The van der Waals surface area contributed by atoms with Crippen molar-refractivity contribution >= 4 is 6.09 Å². The third kappa shape index (κ3) is 2.48. The van der Waals surface area contributed by atoms with Gasteiger partial charge in [-0.15, -0.1) is 0 Å². The van der Waals surface area contributed by atoms with Crippen LogP contribution in [0.1, 0.15) is 24.2 Å². The zero-order chi connectivity index (χ0) is 13.1. The van der Waals surface area contributed by atoms with Gasteiger partial charge < -0.3 is 14.8 Å². The number of pyridine rings is 1. The first-order chi connectivity index (χ1) is 8.58. The lowest BCUT2D eigenvalue weighted by molar-refractivity contribution is 0.191. The number of aryl methyl sites for hydroxylation is 1. The highest BCUT2D eigenvalue weighted by Crippen LogP contribution is 2.21. The molecule has 2 aromatic heterocycles. The van der Waals surface area contributed by atoms with E-state index in [9.17, 15) is 4.79 Å². The lowest BCUT2D eigenvalue weighted by Gasteiger charge is -2.11. The van der Waals surface area contributed by atoms with Crippen LogP contribution in [0, 0.1) is 6.92 Å². The highest BCUT2D eigenvalue weighted by molar-refractivity contribution is 5.65. The van der Waals surface area contributed by atoms with Gasteiger partial charge in [0.25, 0.3) is 0 Å². The molecule has 0 fully saturated rings. The SMILES string of the molecule is Cc1ncoc1-c1ccc([C@H](C)NC(=O)O)cn1. The summed E-state index contributed by atoms with van der Waals surface area (Å²) in [6.45, 7) is 3.59. The van der Waals surface area contributed by atoms with Crippen molar-refractivity contribution in [2.75, 3.05) is 0 Å². The Hall–Kier alpha value is -2.37. The molecule has 6 heteroatoms. The minimum Gasteiger partial charge on any atom is -0.465 e. The molecule has 0 aliphatic heterocycles. The van der Waals surface area contributed by atoms with Crippen LogP contribution < -0.4 is 5.32 Å². The van der Waals surface area contributed by atoms with Gasteiger partial charge in [-0.1, -0.05) is 6.07 Å². The Bertz CT molecular complexity index is 548. The molecule has 18 heavy (non-hydrogen) atoms. The summed E-state index contributed by atoms with van der Waals surface area (Å²) in [5.41, 5.74) is 2.24. The summed E-state index contributed by atoms with van der Waals surface area (Å²) < 4.78 is 5.23. The second kappa shape index (κ2) is 4.87. The van der Waals surface area contributed by atoms with E-state index in [1.54, 1.807) is 19.2 Å². The van der Waals surface area contributed by atoms with Gasteiger partial charge in [-0.25, -0.2) is 9.78 Å². The summed E-state index contributed by atoms with van der Waals surface area (Å²) >= 11 is 0. The van der Waals surface area contributed by atoms with Gasteiger partial charge >= 0.3 is 6.09 Å². The number of nitrogens with zero attached hydrogens (tertiary/aromatic N) is 2. The quantitative estimate of drug-likeness (QED) is 0.869. The molecule has 6 nitrogen and oxygen atoms in total. The van der Waals surface area contributed by atoms with Gasteiger partial charge in [0.05, 0.1) is 11.7 Å². The molecule has 0 spiro atoms. The standard InChI is InChI=1S/C12H13N3O3/c1-7(15-12(16)17)9-3-4-10(13-5-9)11-8(2)14-6-18-11/h3-7,15H,1-2H3,(H,16,17)/t7-/m0/s1. The molecule has 1 amide bonds. The van der Waals surface area contributed by atoms with Gasteiger partial charge in [0.2, 0.25) is 0 Å². The van der Waals surface area contributed by atoms with Crippen LogP contribution in [0.3, 0.4) is 0 Å². The Morgan fingerprint density at radius 3 is 2.72 bits per heavy atom. The van der Waals surface area contributed by atoms with E-state index in [-0.39, 0.29) is 6.04 Å². The smallest absolute Gasteiger partial charge is 0.405 e. The molecule has 0 bridgehead atoms. The average Bonchev–Trinajstić information content (AvgIpc) is 2.75. The molecule has 2 N–H and O–H groups in total. The Morgan fingerprint density at radius 1 is 1.44 bits per heavy atom. The lowest BCUT2D eigenvalue weighted by atomic mass is 10.1. The Labute approximate surface area is 104 Å². The number of oxazole rings is 1. The van der Waals surface area contributed by atoms with E-state index in [1.807, 2.05) is 13.0 Å². The largest absolute Gasteiger partial charge is 0.465 e. The Morgan fingerprint density at radius 2 is 2.22 bits per heavy atom. The number of rotatable bonds is 3. The maximum absolute atomic E-state index is 10.5. The van der Waals surface area contributed by atoms with Gasteiger partial charge in [-0.05, 0) is 25.5 Å². The zero-order valence-electron chi connectivity index (χ0n) is 10.0. The van der Waals surface area contributed by atoms with E-state index in [0.29, 0.717) is 11.5 Å². The third-order valence-electron chi connectivity index (χ3n) is 2.60. The molecule has 0 aliphatic carbocycles. The molecule has 0 saturated heterocycles. The van der Waals surface area contributed by atoms with Crippen LogP contribution in [0.5, 0.6) is 0 Å². The van der Waals surface area contributed by atoms with Crippen LogP contribution in [-0.2, 0) is 0 Å². The minimum absolute atomic E-state index is 0.306. The normalized spacial score (nSPS) is 12.1. The van der Waals surface area contributed by atoms with E-state index in [2.05, 4.69) is 15.3 Å². The highest BCUT2D eigenvalue weighted by Gasteiger charge is 2.11. The summed E-state index contributed by atoms with van der Waals surface area (Å²) in [6.07, 6.45) is 1.94. The number of aromatic nitrogens is 2. The van der Waals surface area contributed by atoms with E-state index in [1.165, 1.54) is 6.39 Å². The molecular weight excluding hydrogens is 234 g/mol. The first-order valence-electron chi connectivity index (χ1n) is 5.44. The van der Waals surface area contributed by atoms with Crippen molar-refractivity contribution in [2.24, 2.45) is 0 Å². The fourth-order valence-electron chi connectivity index (χ4n) is 1.61. The number of hydrogen-bond donors (Lipinski definition) is 2. The van der Waals surface area contributed by atoms with Crippen molar-refractivity contribution in [1.82, 2.24) is 15.3 Å². The Balaban J connectivity index is 2.20. The van der Waals surface area contributed by atoms with E-state index >= 15 is 0 Å². The molecule has 0 aromatic carbocycles. The summed E-state index contributed by atoms with van der Waals surface area (Å²) in [5, 5.41) is 11.0. The fourth-order valence-corrected chi connectivity index (χ4v) is 1.61. The van der Waals surface area contributed by atoms with Gasteiger partial charge in [0.15, 0.2) is 12.2 Å². The van der Waals surface area contributed by atoms with E-state index < -0.39 is 6.09 Å². The van der Waals surface area contributed by atoms with Crippen molar-refractivity contribution in [3.63, 3.8) is 0 Å². The van der Waals surface area contributed by atoms with Crippen LogP contribution in [0.4, 0.5) is 4.79 Å². The first kappa shape index (κ1) is 12.1. The van der Waals surface area contributed by atoms with Crippen molar-refractivity contribution < 1.29 is 14.3 Å². The Kier molecular flexibility index (Phi) is 3.27. The summed E-state index contributed by atoms with van der Waals surface area (Å²) in [7, 11) is 0. The van der Waals surface area contributed by atoms with Gasteiger partial charge in [0, 0.05) is 6.20 Å². The maximum atomic E-state index is 10.5. The predicted molar refractivity (Wildman–Crippen MR) is 64.0 cm³/mol. The number of carboxylic acid groups (broad SMARTS) is 1. The molecule has 1 atom stereocenters. The van der Waals surface area contributed by atoms with Gasteiger partial charge in [-0.2, -0.15) is 0 Å². The van der Waals surface area contributed by atoms with Crippen molar-refractivity contribution in [3.8, 4) is 11.5 Å². The zero-order valence-corrected chi connectivity index (χ0v) is 10.0. The minimum atomic E-state index is -1.06. The molecule has 2 aromatic rings. The number of carbonyl (C=O) groups is 1. The van der Waals surface area contributed by atoms with Gasteiger partial charge in [-0.3, -0.25) is 4.98 Å². The van der Waals surface area contributed by atoms with Crippen LogP contribution in [0.2, 0.25) is 0 Å². The molecule has 94 valence electrons. The highest BCUT2D eigenvalue weighted by atomic mass is 16.4. The van der Waals surface area contributed by atoms with Crippen LogP contribution in [-0.4, -0.2) is 21.2 Å². The molecule has 2 heterocycles. The molecular formula is C12H13N3O3. The molecule has 0 radical (unpaired) electrons. The molecule has 2 rings (SSSR count). The maximum Gasteiger partial charge on any atom is 0.405 e. The summed E-state index contributed by atoms with van der Waals surface area (Å²) in [6, 6.07) is 3.29. The summed E-state index contributed by atoms with van der Waals surface area (Å²) in [4.78, 5) is 18.8. The monoisotopic (exact) mass is 247 g/mol. The van der Waals surface area contributed by atoms with E-state index in [0.717, 1.165) is 11.3 Å². The molecule has 0 aliphatic rings. The van der Waals surface area contributed by atoms with Crippen molar-refractivity contribution in [3.05, 3.63) is 36.0 Å². The number of nitrogens with one attached hydrogen (secondary N) is 1. The number of amides is 1. The van der Waals surface area contributed by atoms with Crippen LogP contribution in [0.25, 0.3) is 11.5 Å². The second-order valence-corrected chi connectivity index (χ2v) is 3.91. The van der Waals surface area contributed by atoms with Crippen LogP contribution >= 0.6 is 0 Å². The first-order valence-corrected chi connectivity index (χ1v) is 5.44. The van der Waals surface area contributed by atoms with Crippen molar-refractivity contribution in [2.45, 2.75) is 19.9 Å². The van der Waals surface area contributed by atoms with E-state index in [4.69, 9.17) is 9.52 Å². The van der Waals surface area contributed by atoms with Gasteiger partial charge in [0.1, 0.15) is 5.69 Å².